The fraction of sp³-hybridized carbons (Fsp3) is 0.364. The Morgan fingerprint density at radius 1 is 1.24 bits per heavy atom. The van der Waals surface area contributed by atoms with Crippen molar-refractivity contribution in [1.29, 1.82) is 0 Å². The predicted molar refractivity (Wildman–Crippen MR) is 72.0 cm³/mol. The van der Waals surface area contributed by atoms with E-state index in [0.717, 1.165) is 8.95 Å². The topological polar surface area (TPSA) is 47.6 Å². The summed E-state index contributed by atoms with van der Waals surface area (Å²) in [4.78, 5) is 11.8. The third kappa shape index (κ3) is 4.75. The molecule has 1 aromatic rings. The van der Waals surface area contributed by atoms with E-state index in [1.54, 1.807) is 12.1 Å². The first kappa shape index (κ1) is 14.6. The van der Waals surface area contributed by atoms with Crippen LogP contribution in [-0.2, 0) is 9.47 Å². The number of rotatable bonds is 5. The van der Waals surface area contributed by atoms with E-state index in [-0.39, 0.29) is 5.91 Å². The van der Waals surface area contributed by atoms with Crippen molar-refractivity contribution in [2.45, 2.75) is 6.29 Å². The molecule has 17 heavy (non-hydrogen) atoms. The SMILES string of the molecule is COC(CNC(=O)c1cc(Br)cc(Br)c1)OC. The third-order valence-electron chi connectivity index (χ3n) is 2.08. The van der Waals surface area contributed by atoms with E-state index >= 15 is 0 Å². The molecule has 0 heterocycles. The maximum atomic E-state index is 11.8. The largest absolute Gasteiger partial charge is 0.354 e. The van der Waals surface area contributed by atoms with Gasteiger partial charge in [-0.3, -0.25) is 4.79 Å². The maximum absolute atomic E-state index is 11.8. The Morgan fingerprint density at radius 3 is 2.24 bits per heavy atom. The minimum Gasteiger partial charge on any atom is -0.354 e. The number of halogens is 2. The number of methoxy groups -OCH3 is 2. The summed E-state index contributed by atoms with van der Waals surface area (Å²) in [5.74, 6) is -0.175. The zero-order valence-corrected chi connectivity index (χ0v) is 12.7. The van der Waals surface area contributed by atoms with Crippen molar-refractivity contribution in [2.24, 2.45) is 0 Å². The Balaban J connectivity index is 2.63. The highest BCUT2D eigenvalue weighted by Gasteiger charge is 2.10. The van der Waals surface area contributed by atoms with Crippen molar-refractivity contribution in [3.05, 3.63) is 32.7 Å². The molecule has 0 fully saturated rings. The maximum Gasteiger partial charge on any atom is 0.251 e. The number of ether oxygens (including phenoxy) is 2. The molecule has 0 unspecified atom stereocenters. The summed E-state index contributed by atoms with van der Waals surface area (Å²) in [6, 6.07) is 5.35. The average Bonchev–Trinajstić information content (AvgIpc) is 2.28. The summed E-state index contributed by atoms with van der Waals surface area (Å²) < 4.78 is 11.6. The Labute approximate surface area is 117 Å². The van der Waals surface area contributed by atoms with Crippen LogP contribution in [0.2, 0.25) is 0 Å². The Bertz CT molecular complexity index is 374. The first-order valence-corrected chi connectivity index (χ1v) is 6.45. The molecule has 0 bridgehead atoms. The number of amides is 1. The van der Waals surface area contributed by atoms with E-state index < -0.39 is 6.29 Å². The van der Waals surface area contributed by atoms with E-state index in [9.17, 15) is 4.79 Å². The van der Waals surface area contributed by atoms with Gasteiger partial charge in [0.05, 0.1) is 6.54 Å². The highest BCUT2D eigenvalue weighted by atomic mass is 79.9. The second-order valence-corrected chi connectivity index (χ2v) is 5.10. The van der Waals surface area contributed by atoms with Crippen LogP contribution in [0.4, 0.5) is 0 Å². The first-order valence-electron chi connectivity index (χ1n) is 4.86. The lowest BCUT2D eigenvalue weighted by Gasteiger charge is -2.14. The lowest BCUT2D eigenvalue weighted by atomic mass is 10.2. The third-order valence-corrected chi connectivity index (χ3v) is 3.00. The first-order chi connectivity index (χ1) is 8.06. The smallest absolute Gasteiger partial charge is 0.251 e. The van der Waals surface area contributed by atoms with Gasteiger partial charge in [0.25, 0.3) is 5.91 Å². The van der Waals surface area contributed by atoms with E-state index in [1.165, 1.54) is 14.2 Å². The van der Waals surface area contributed by atoms with Gasteiger partial charge in [0.1, 0.15) is 0 Å². The predicted octanol–water partition coefficient (Wildman–Crippen LogP) is 2.56. The molecule has 6 heteroatoms. The van der Waals surface area contributed by atoms with Crippen LogP contribution in [-0.4, -0.2) is 33.0 Å². The van der Waals surface area contributed by atoms with Crippen LogP contribution in [0.5, 0.6) is 0 Å². The quantitative estimate of drug-likeness (QED) is 0.814. The summed E-state index contributed by atoms with van der Waals surface area (Å²) >= 11 is 6.66. The van der Waals surface area contributed by atoms with Gasteiger partial charge in [0.15, 0.2) is 6.29 Å². The molecular formula is C11H13Br2NO3. The van der Waals surface area contributed by atoms with Crippen molar-refractivity contribution in [3.63, 3.8) is 0 Å². The molecule has 0 saturated heterocycles. The summed E-state index contributed by atoms with van der Waals surface area (Å²) in [5.41, 5.74) is 0.567. The second-order valence-electron chi connectivity index (χ2n) is 3.27. The normalized spacial score (nSPS) is 10.6. The minimum atomic E-state index is -0.436. The number of hydrogen-bond donors (Lipinski definition) is 1. The molecule has 0 spiro atoms. The van der Waals surface area contributed by atoms with Gasteiger partial charge in [-0.15, -0.1) is 0 Å². The van der Waals surface area contributed by atoms with Gasteiger partial charge in [-0.2, -0.15) is 0 Å². The Morgan fingerprint density at radius 2 is 1.76 bits per heavy atom. The molecule has 0 radical (unpaired) electrons. The van der Waals surface area contributed by atoms with E-state index in [0.29, 0.717) is 12.1 Å². The fourth-order valence-corrected chi connectivity index (χ4v) is 2.52. The van der Waals surface area contributed by atoms with Crippen LogP contribution in [0.1, 0.15) is 10.4 Å². The second kappa shape index (κ2) is 7.10. The molecule has 0 atom stereocenters. The number of hydrogen-bond acceptors (Lipinski definition) is 3. The van der Waals surface area contributed by atoms with Crippen LogP contribution >= 0.6 is 31.9 Å². The van der Waals surface area contributed by atoms with Crippen LogP contribution in [0.3, 0.4) is 0 Å². The molecule has 1 rings (SSSR count). The van der Waals surface area contributed by atoms with E-state index in [2.05, 4.69) is 37.2 Å². The molecule has 0 aliphatic carbocycles. The Kier molecular flexibility index (Phi) is 6.11. The lowest BCUT2D eigenvalue weighted by molar-refractivity contribution is -0.0974. The van der Waals surface area contributed by atoms with E-state index in [1.807, 2.05) is 6.07 Å². The zero-order chi connectivity index (χ0) is 12.8. The van der Waals surface area contributed by atoms with Crippen molar-refractivity contribution in [3.8, 4) is 0 Å². The van der Waals surface area contributed by atoms with Gasteiger partial charge in [-0.05, 0) is 18.2 Å². The number of nitrogens with one attached hydrogen (secondary N) is 1. The highest BCUT2D eigenvalue weighted by Crippen LogP contribution is 2.19. The van der Waals surface area contributed by atoms with Crippen LogP contribution in [0.15, 0.2) is 27.1 Å². The van der Waals surface area contributed by atoms with E-state index in [4.69, 9.17) is 9.47 Å². The highest BCUT2D eigenvalue weighted by molar-refractivity contribution is 9.11. The molecule has 1 amide bonds. The molecular weight excluding hydrogens is 354 g/mol. The van der Waals surface area contributed by atoms with Crippen molar-refractivity contribution >= 4 is 37.8 Å². The lowest BCUT2D eigenvalue weighted by Crippen LogP contribution is -2.34. The standard InChI is InChI=1S/C11H13Br2NO3/c1-16-10(17-2)6-14-11(15)7-3-8(12)5-9(13)4-7/h3-5,10H,6H2,1-2H3,(H,14,15). The molecule has 0 aromatic heterocycles. The molecule has 94 valence electrons. The van der Waals surface area contributed by atoms with Gasteiger partial charge in [-0.25, -0.2) is 0 Å². The zero-order valence-electron chi connectivity index (χ0n) is 9.50. The van der Waals surface area contributed by atoms with Crippen LogP contribution in [0, 0.1) is 0 Å². The monoisotopic (exact) mass is 365 g/mol. The number of benzene rings is 1. The van der Waals surface area contributed by atoms with Crippen molar-refractivity contribution in [2.75, 3.05) is 20.8 Å². The minimum absolute atomic E-state index is 0.175. The summed E-state index contributed by atoms with van der Waals surface area (Å²) in [7, 11) is 3.05. The summed E-state index contributed by atoms with van der Waals surface area (Å²) in [6.07, 6.45) is -0.436. The number of carbonyl (C=O) groups excluding carboxylic acids is 1. The molecule has 4 nitrogen and oxygen atoms in total. The van der Waals surface area contributed by atoms with Crippen LogP contribution in [0.25, 0.3) is 0 Å². The molecule has 1 N–H and O–H groups in total. The van der Waals surface area contributed by atoms with Gasteiger partial charge in [-0.1, -0.05) is 31.9 Å². The molecule has 0 saturated carbocycles. The molecule has 0 aliphatic heterocycles. The molecule has 1 aromatic carbocycles. The van der Waals surface area contributed by atoms with Gasteiger partial charge >= 0.3 is 0 Å². The Hall–Kier alpha value is -0.430. The van der Waals surface area contributed by atoms with Gasteiger partial charge in [0.2, 0.25) is 0 Å². The average molecular weight is 367 g/mol. The van der Waals surface area contributed by atoms with Crippen molar-refractivity contribution < 1.29 is 14.3 Å². The van der Waals surface area contributed by atoms with Gasteiger partial charge < -0.3 is 14.8 Å². The molecule has 0 aliphatic rings. The van der Waals surface area contributed by atoms with Crippen molar-refractivity contribution in [1.82, 2.24) is 5.32 Å². The summed E-state index contributed by atoms with van der Waals surface area (Å²) in [5, 5.41) is 2.72. The summed E-state index contributed by atoms with van der Waals surface area (Å²) in [6.45, 7) is 0.302. The van der Waals surface area contributed by atoms with Crippen LogP contribution < -0.4 is 5.32 Å². The number of carbonyl (C=O) groups is 1. The fourth-order valence-electron chi connectivity index (χ4n) is 1.23. The van der Waals surface area contributed by atoms with Gasteiger partial charge in [0, 0.05) is 28.7 Å².